The predicted molar refractivity (Wildman–Crippen MR) is 148 cm³/mol. The summed E-state index contributed by atoms with van der Waals surface area (Å²) in [5.74, 6) is -0.611. The van der Waals surface area contributed by atoms with Crippen molar-refractivity contribution in [1.82, 2.24) is 14.4 Å². The van der Waals surface area contributed by atoms with Crippen LogP contribution < -0.4 is 4.90 Å². The summed E-state index contributed by atoms with van der Waals surface area (Å²) in [5.41, 5.74) is 6.27. The van der Waals surface area contributed by atoms with Crippen molar-refractivity contribution in [3.05, 3.63) is 88.1 Å². The quantitative estimate of drug-likeness (QED) is 0.458. The summed E-state index contributed by atoms with van der Waals surface area (Å²) in [4.78, 5) is 44.2. The van der Waals surface area contributed by atoms with Gasteiger partial charge in [0.2, 0.25) is 5.91 Å². The molecule has 0 N–H and O–H groups in total. The SMILES string of the molecule is Cc1ccc(-n2c(C)cc(/C=C3\SC(=O)N(CC(=O)N4CCN(c5ccccc5)CC4)C3=O)c2C)cc1. The number of nitrogens with zero attached hydrogens (tertiary/aromatic N) is 4. The molecule has 2 saturated heterocycles. The van der Waals surface area contributed by atoms with Crippen LogP contribution in [0.15, 0.2) is 65.6 Å². The van der Waals surface area contributed by atoms with Crippen LogP contribution in [0.2, 0.25) is 0 Å². The largest absolute Gasteiger partial charge is 0.368 e. The zero-order valence-corrected chi connectivity index (χ0v) is 22.1. The molecule has 3 heterocycles. The maximum atomic E-state index is 13.1. The van der Waals surface area contributed by atoms with E-state index in [1.165, 1.54) is 5.56 Å². The van der Waals surface area contributed by atoms with Gasteiger partial charge in [-0.2, -0.15) is 0 Å². The molecular formula is C29H30N4O3S. The number of amides is 3. The van der Waals surface area contributed by atoms with Crippen LogP contribution in [-0.4, -0.2) is 64.1 Å². The summed E-state index contributed by atoms with van der Waals surface area (Å²) < 4.78 is 2.13. The van der Waals surface area contributed by atoms with Gasteiger partial charge in [0.1, 0.15) is 6.54 Å². The van der Waals surface area contributed by atoms with Crippen molar-refractivity contribution in [2.45, 2.75) is 20.8 Å². The van der Waals surface area contributed by atoms with Crippen LogP contribution in [0.3, 0.4) is 0 Å². The number of para-hydroxylation sites is 1. The number of aromatic nitrogens is 1. The number of aryl methyl sites for hydroxylation is 2. The Hall–Kier alpha value is -3.78. The molecule has 1 aromatic heterocycles. The second-order valence-electron chi connectivity index (χ2n) is 9.47. The number of hydrogen-bond donors (Lipinski definition) is 0. The molecule has 0 atom stereocenters. The molecule has 190 valence electrons. The maximum Gasteiger partial charge on any atom is 0.294 e. The molecule has 3 amide bonds. The standard InChI is InChI=1S/C29H30N4O3S/c1-20-9-11-25(12-10-20)33-21(2)17-23(22(33)3)18-26-28(35)32(29(36)37-26)19-27(34)31-15-13-30(14-16-31)24-7-5-4-6-8-24/h4-12,17-18H,13-16,19H2,1-3H3/b26-18-. The highest BCUT2D eigenvalue weighted by Crippen LogP contribution is 2.34. The molecule has 5 rings (SSSR count). The van der Waals surface area contributed by atoms with Crippen LogP contribution in [0.4, 0.5) is 10.5 Å². The highest BCUT2D eigenvalue weighted by atomic mass is 32.2. The van der Waals surface area contributed by atoms with E-state index >= 15 is 0 Å². The molecule has 2 fully saturated rings. The predicted octanol–water partition coefficient (Wildman–Crippen LogP) is 4.79. The molecule has 0 unspecified atom stereocenters. The molecule has 0 aliphatic carbocycles. The van der Waals surface area contributed by atoms with E-state index in [0.717, 1.165) is 45.0 Å². The Morgan fingerprint density at radius 3 is 2.24 bits per heavy atom. The van der Waals surface area contributed by atoms with Gasteiger partial charge in [0.25, 0.3) is 11.1 Å². The van der Waals surface area contributed by atoms with Gasteiger partial charge in [0.15, 0.2) is 0 Å². The topological polar surface area (TPSA) is 65.9 Å². The molecular weight excluding hydrogens is 484 g/mol. The Bertz CT molecular complexity index is 1370. The minimum Gasteiger partial charge on any atom is -0.368 e. The number of rotatable bonds is 5. The number of thioether (sulfide) groups is 1. The van der Waals surface area contributed by atoms with Crippen molar-refractivity contribution in [2.75, 3.05) is 37.6 Å². The lowest BCUT2D eigenvalue weighted by Gasteiger charge is -2.36. The van der Waals surface area contributed by atoms with Crippen molar-refractivity contribution >= 4 is 40.6 Å². The van der Waals surface area contributed by atoms with E-state index in [4.69, 9.17) is 0 Å². The van der Waals surface area contributed by atoms with Gasteiger partial charge in [-0.05, 0) is 74.5 Å². The lowest BCUT2D eigenvalue weighted by atomic mass is 10.2. The van der Waals surface area contributed by atoms with Gasteiger partial charge in [-0.25, -0.2) is 0 Å². The monoisotopic (exact) mass is 514 g/mol. The molecule has 0 saturated carbocycles. The van der Waals surface area contributed by atoms with E-state index in [1.54, 1.807) is 11.0 Å². The van der Waals surface area contributed by atoms with Gasteiger partial charge < -0.3 is 14.4 Å². The first kappa shape index (κ1) is 24.9. The Morgan fingerprint density at radius 1 is 0.892 bits per heavy atom. The Kier molecular flexibility index (Phi) is 6.93. The number of imide groups is 1. The van der Waals surface area contributed by atoms with Crippen LogP contribution >= 0.6 is 11.8 Å². The molecule has 8 heteroatoms. The lowest BCUT2D eigenvalue weighted by molar-refractivity contribution is -0.136. The van der Waals surface area contributed by atoms with Crippen molar-refractivity contribution in [2.24, 2.45) is 0 Å². The van der Waals surface area contributed by atoms with E-state index in [2.05, 4.69) is 52.8 Å². The van der Waals surface area contributed by atoms with Crippen LogP contribution in [0.1, 0.15) is 22.5 Å². The Morgan fingerprint density at radius 2 is 1.57 bits per heavy atom. The number of carbonyl (C=O) groups is 3. The van der Waals surface area contributed by atoms with Crippen molar-refractivity contribution in [3.63, 3.8) is 0 Å². The van der Waals surface area contributed by atoms with Gasteiger partial charge in [-0.15, -0.1) is 0 Å². The highest BCUT2D eigenvalue weighted by molar-refractivity contribution is 8.18. The fourth-order valence-corrected chi connectivity index (χ4v) is 5.72. The molecule has 3 aromatic rings. The molecule has 0 bridgehead atoms. The third-order valence-corrected chi connectivity index (χ3v) is 7.88. The second-order valence-corrected chi connectivity index (χ2v) is 10.5. The van der Waals surface area contributed by atoms with E-state index in [0.29, 0.717) is 31.1 Å². The average molecular weight is 515 g/mol. The minimum atomic E-state index is -0.411. The summed E-state index contributed by atoms with van der Waals surface area (Å²) >= 11 is 0.895. The van der Waals surface area contributed by atoms with Crippen LogP contribution in [0, 0.1) is 20.8 Å². The number of piperazine rings is 1. The minimum absolute atomic E-state index is 0.200. The summed E-state index contributed by atoms with van der Waals surface area (Å²) in [6.07, 6.45) is 1.76. The molecule has 0 spiro atoms. The molecule has 7 nitrogen and oxygen atoms in total. The third-order valence-electron chi connectivity index (χ3n) is 6.97. The summed E-state index contributed by atoms with van der Waals surface area (Å²) in [6, 6.07) is 20.4. The Balaban J connectivity index is 1.26. The molecule has 37 heavy (non-hydrogen) atoms. The third kappa shape index (κ3) is 5.06. The van der Waals surface area contributed by atoms with Crippen LogP contribution in [-0.2, 0) is 9.59 Å². The van der Waals surface area contributed by atoms with Crippen LogP contribution in [0.5, 0.6) is 0 Å². The highest BCUT2D eigenvalue weighted by Gasteiger charge is 2.37. The lowest BCUT2D eigenvalue weighted by Crippen LogP contribution is -2.51. The van der Waals surface area contributed by atoms with E-state index in [9.17, 15) is 14.4 Å². The van der Waals surface area contributed by atoms with Gasteiger partial charge in [0.05, 0.1) is 4.91 Å². The molecule has 2 aromatic carbocycles. The van der Waals surface area contributed by atoms with Gasteiger partial charge in [-0.1, -0.05) is 35.9 Å². The molecule has 2 aliphatic heterocycles. The normalized spacial score (nSPS) is 17.3. The van der Waals surface area contributed by atoms with Crippen LogP contribution in [0.25, 0.3) is 11.8 Å². The molecule has 0 radical (unpaired) electrons. The summed E-state index contributed by atoms with van der Waals surface area (Å²) in [7, 11) is 0. The van der Waals surface area contributed by atoms with E-state index in [-0.39, 0.29) is 12.5 Å². The van der Waals surface area contributed by atoms with Gasteiger partial charge in [-0.3, -0.25) is 19.3 Å². The van der Waals surface area contributed by atoms with Gasteiger partial charge in [0, 0.05) is 48.9 Å². The summed E-state index contributed by atoms with van der Waals surface area (Å²) in [6.45, 7) is 8.40. The zero-order valence-electron chi connectivity index (χ0n) is 21.3. The van der Waals surface area contributed by atoms with Crippen molar-refractivity contribution in [3.8, 4) is 5.69 Å². The zero-order chi connectivity index (χ0) is 26.1. The van der Waals surface area contributed by atoms with Crippen molar-refractivity contribution < 1.29 is 14.4 Å². The van der Waals surface area contributed by atoms with E-state index in [1.807, 2.05) is 38.1 Å². The first-order valence-corrected chi connectivity index (χ1v) is 13.2. The maximum absolute atomic E-state index is 13.1. The first-order chi connectivity index (χ1) is 17.8. The smallest absolute Gasteiger partial charge is 0.294 e. The fraction of sp³-hybridized carbons (Fsp3) is 0.276. The first-order valence-electron chi connectivity index (χ1n) is 12.4. The summed E-state index contributed by atoms with van der Waals surface area (Å²) in [5, 5.41) is -0.403. The second kappa shape index (κ2) is 10.3. The Labute approximate surface area is 221 Å². The number of benzene rings is 2. The number of anilines is 1. The fourth-order valence-electron chi connectivity index (χ4n) is 4.89. The molecule has 2 aliphatic rings. The van der Waals surface area contributed by atoms with E-state index < -0.39 is 11.1 Å². The number of hydrogen-bond acceptors (Lipinski definition) is 5. The van der Waals surface area contributed by atoms with Crippen molar-refractivity contribution in [1.29, 1.82) is 0 Å². The average Bonchev–Trinajstić information content (AvgIpc) is 3.33. The van der Waals surface area contributed by atoms with Gasteiger partial charge >= 0.3 is 0 Å². The number of carbonyl (C=O) groups excluding carboxylic acids is 3.